The van der Waals surface area contributed by atoms with Crippen molar-refractivity contribution >= 4 is 34.3 Å². The summed E-state index contributed by atoms with van der Waals surface area (Å²) in [6.45, 7) is 3.81. The van der Waals surface area contributed by atoms with E-state index < -0.39 is 0 Å². The fourth-order valence-electron chi connectivity index (χ4n) is 2.93. The van der Waals surface area contributed by atoms with Crippen LogP contribution >= 0.6 is 11.3 Å². The van der Waals surface area contributed by atoms with Gasteiger partial charge in [-0.05, 0) is 36.2 Å². The van der Waals surface area contributed by atoms with E-state index in [2.05, 4.69) is 11.9 Å². The standard InChI is InChI=1S/C22H22N2O4S/c1-4-17-7-5-6-8-19(17)24(15(2)26)22-23-18(14-29-22)13-28-20-10-9-16(12-25)11-21(20)27-3/h5-12,14H,4,13H2,1-3H3. The van der Waals surface area contributed by atoms with Crippen LogP contribution in [0.15, 0.2) is 47.8 Å². The average molecular weight is 410 g/mol. The number of para-hydroxylation sites is 1. The number of aldehydes is 1. The van der Waals surface area contributed by atoms with Crippen molar-refractivity contribution in [3.63, 3.8) is 0 Å². The van der Waals surface area contributed by atoms with Crippen molar-refractivity contribution in [3.05, 3.63) is 64.7 Å². The Morgan fingerprint density at radius 3 is 2.69 bits per heavy atom. The van der Waals surface area contributed by atoms with Crippen LogP contribution in [0, 0.1) is 0 Å². The number of aryl methyl sites for hydroxylation is 1. The van der Waals surface area contributed by atoms with Crippen LogP contribution in [0.1, 0.15) is 35.5 Å². The summed E-state index contributed by atoms with van der Waals surface area (Å²) in [5, 5.41) is 2.46. The Labute approximate surface area is 173 Å². The lowest BCUT2D eigenvalue weighted by Gasteiger charge is -2.21. The second-order valence-corrected chi connectivity index (χ2v) is 7.11. The van der Waals surface area contributed by atoms with Gasteiger partial charge in [0.25, 0.3) is 0 Å². The van der Waals surface area contributed by atoms with Crippen molar-refractivity contribution in [2.45, 2.75) is 26.9 Å². The van der Waals surface area contributed by atoms with Gasteiger partial charge in [0, 0.05) is 17.9 Å². The van der Waals surface area contributed by atoms with Gasteiger partial charge in [0.1, 0.15) is 12.9 Å². The summed E-state index contributed by atoms with van der Waals surface area (Å²) >= 11 is 1.39. The second-order valence-electron chi connectivity index (χ2n) is 6.27. The van der Waals surface area contributed by atoms with Crippen LogP contribution in [0.2, 0.25) is 0 Å². The summed E-state index contributed by atoms with van der Waals surface area (Å²) in [6, 6.07) is 12.8. The molecule has 3 aromatic rings. The molecule has 1 amide bonds. The van der Waals surface area contributed by atoms with E-state index in [0.29, 0.717) is 27.9 Å². The highest BCUT2D eigenvalue weighted by molar-refractivity contribution is 7.14. The Morgan fingerprint density at radius 2 is 2.00 bits per heavy atom. The molecular weight excluding hydrogens is 388 g/mol. The van der Waals surface area contributed by atoms with Crippen molar-refractivity contribution in [1.29, 1.82) is 0 Å². The minimum absolute atomic E-state index is 0.0983. The third-order valence-corrected chi connectivity index (χ3v) is 5.23. The van der Waals surface area contributed by atoms with Gasteiger partial charge in [-0.3, -0.25) is 14.5 Å². The highest BCUT2D eigenvalue weighted by Crippen LogP contribution is 2.33. The zero-order valence-corrected chi connectivity index (χ0v) is 17.4. The van der Waals surface area contributed by atoms with Crippen molar-refractivity contribution in [3.8, 4) is 11.5 Å². The zero-order valence-electron chi connectivity index (χ0n) is 16.5. The molecule has 7 heteroatoms. The normalized spacial score (nSPS) is 10.4. The maximum absolute atomic E-state index is 12.4. The number of hydrogen-bond acceptors (Lipinski definition) is 6. The smallest absolute Gasteiger partial charge is 0.230 e. The number of anilines is 2. The number of benzene rings is 2. The van der Waals surface area contributed by atoms with Gasteiger partial charge in [-0.15, -0.1) is 11.3 Å². The molecule has 0 aliphatic heterocycles. The Kier molecular flexibility index (Phi) is 6.61. The van der Waals surface area contributed by atoms with Crippen molar-refractivity contribution in [2.75, 3.05) is 12.0 Å². The SMILES string of the molecule is CCc1ccccc1N(C(C)=O)c1nc(COc2ccc(C=O)cc2OC)cs1. The van der Waals surface area contributed by atoms with Gasteiger partial charge >= 0.3 is 0 Å². The third kappa shape index (κ3) is 4.63. The summed E-state index contributed by atoms with van der Waals surface area (Å²) in [5.74, 6) is 0.901. The van der Waals surface area contributed by atoms with Gasteiger partial charge in [0.15, 0.2) is 16.6 Å². The molecule has 29 heavy (non-hydrogen) atoms. The number of methoxy groups -OCH3 is 1. The van der Waals surface area contributed by atoms with E-state index in [9.17, 15) is 9.59 Å². The molecule has 1 heterocycles. The van der Waals surface area contributed by atoms with E-state index in [1.807, 2.05) is 29.6 Å². The average Bonchev–Trinajstić information content (AvgIpc) is 3.20. The molecule has 1 aromatic heterocycles. The molecule has 6 nitrogen and oxygen atoms in total. The van der Waals surface area contributed by atoms with Gasteiger partial charge in [-0.1, -0.05) is 25.1 Å². The Balaban J connectivity index is 1.81. The molecule has 0 fully saturated rings. The lowest BCUT2D eigenvalue weighted by Crippen LogP contribution is -2.23. The van der Waals surface area contributed by atoms with Crippen LogP contribution in [0.3, 0.4) is 0 Å². The fourth-order valence-corrected chi connectivity index (χ4v) is 3.79. The van der Waals surface area contributed by atoms with E-state index in [0.717, 1.165) is 24.0 Å². The van der Waals surface area contributed by atoms with Gasteiger partial charge < -0.3 is 9.47 Å². The fraction of sp³-hybridized carbons (Fsp3) is 0.227. The number of amides is 1. The van der Waals surface area contributed by atoms with Crippen LogP contribution in [0.5, 0.6) is 11.5 Å². The first-order valence-corrected chi connectivity index (χ1v) is 10.0. The number of aromatic nitrogens is 1. The molecule has 0 aliphatic carbocycles. The van der Waals surface area contributed by atoms with E-state index in [1.165, 1.54) is 25.4 Å². The Bertz CT molecular complexity index is 1020. The first-order chi connectivity index (χ1) is 14.1. The largest absolute Gasteiger partial charge is 0.493 e. The molecule has 0 unspecified atom stereocenters. The lowest BCUT2D eigenvalue weighted by atomic mass is 10.1. The molecule has 0 saturated heterocycles. The number of carbonyl (C=O) groups is 2. The predicted molar refractivity (Wildman–Crippen MR) is 113 cm³/mol. The van der Waals surface area contributed by atoms with Crippen LogP contribution in [0.4, 0.5) is 10.8 Å². The summed E-state index contributed by atoms with van der Waals surface area (Å²) in [5.41, 5.74) is 3.13. The maximum atomic E-state index is 12.4. The summed E-state index contributed by atoms with van der Waals surface area (Å²) in [7, 11) is 1.52. The van der Waals surface area contributed by atoms with Crippen LogP contribution < -0.4 is 14.4 Å². The molecule has 0 aliphatic rings. The molecule has 0 saturated carbocycles. The Hall–Kier alpha value is -3.19. The van der Waals surface area contributed by atoms with Crippen molar-refractivity contribution in [2.24, 2.45) is 0 Å². The molecule has 0 spiro atoms. The number of hydrogen-bond donors (Lipinski definition) is 0. The molecular formula is C22H22N2O4S. The molecule has 2 aromatic carbocycles. The number of thiazole rings is 1. The number of ether oxygens (including phenoxy) is 2. The number of rotatable bonds is 8. The zero-order chi connectivity index (χ0) is 20.8. The van der Waals surface area contributed by atoms with E-state index in [-0.39, 0.29) is 12.5 Å². The second kappa shape index (κ2) is 9.34. The first kappa shape index (κ1) is 20.5. The topological polar surface area (TPSA) is 68.7 Å². The number of nitrogens with zero attached hydrogens (tertiary/aromatic N) is 2. The van der Waals surface area contributed by atoms with Gasteiger partial charge in [0.05, 0.1) is 18.5 Å². The highest BCUT2D eigenvalue weighted by atomic mass is 32.1. The molecule has 0 N–H and O–H groups in total. The Morgan fingerprint density at radius 1 is 1.21 bits per heavy atom. The van der Waals surface area contributed by atoms with E-state index >= 15 is 0 Å². The summed E-state index contributed by atoms with van der Waals surface area (Å²) in [6.07, 6.45) is 1.57. The highest BCUT2D eigenvalue weighted by Gasteiger charge is 2.20. The van der Waals surface area contributed by atoms with E-state index in [4.69, 9.17) is 9.47 Å². The minimum atomic E-state index is -0.0983. The van der Waals surface area contributed by atoms with Crippen LogP contribution in [-0.2, 0) is 17.8 Å². The summed E-state index contributed by atoms with van der Waals surface area (Å²) in [4.78, 5) is 29.5. The monoisotopic (exact) mass is 410 g/mol. The molecule has 3 rings (SSSR count). The minimum Gasteiger partial charge on any atom is -0.493 e. The van der Waals surface area contributed by atoms with Gasteiger partial charge in [0.2, 0.25) is 5.91 Å². The lowest BCUT2D eigenvalue weighted by molar-refractivity contribution is -0.115. The maximum Gasteiger partial charge on any atom is 0.230 e. The third-order valence-electron chi connectivity index (χ3n) is 4.36. The van der Waals surface area contributed by atoms with Crippen LogP contribution in [0.25, 0.3) is 0 Å². The molecule has 0 radical (unpaired) electrons. The van der Waals surface area contributed by atoms with E-state index in [1.54, 1.807) is 23.1 Å². The van der Waals surface area contributed by atoms with Crippen molar-refractivity contribution < 1.29 is 19.1 Å². The summed E-state index contributed by atoms with van der Waals surface area (Å²) < 4.78 is 11.1. The predicted octanol–water partition coefficient (Wildman–Crippen LogP) is 4.79. The van der Waals surface area contributed by atoms with Crippen LogP contribution in [-0.4, -0.2) is 24.3 Å². The molecule has 0 atom stereocenters. The first-order valence-electron chi connectivity index (χ1n) is 9.16. The van der Waals surface area contributed by atoms with Crippen molar-refractivity contribution in [1.82, 2.24) is 4.98 Å². The van der Waals surface area contributed by atoms with Gasteiger partial charge in [-0.2, -0.15) is 0 Å². The van der Waals surface area contributed by atoms with Gasteiger partial charge in [-0.25, -0.2) is 4.98 Å². The number of carbonyl (C=O) groups excluding carboxylic acids is 2. The molecule has 150 valence electrons. The quantitative estimate of drug-likeness (QED) is 0.500. The molecule has 0 bridgehead atoms.